The molecule has 1 aromatic rings. The van der Waals surface area contributed by atoms with Crippen molar-refractivity contribution in [3.8, 4) is 0 Å². The van der Waals surface area contributed by atoms with E-state index in [1.807, 2.05) is 31.2 Å². The lowest BCUT2D eigenvalue weighted by molar-refractivity contribution is -0.125. The minimum atomic E-state index is -0.217. The van der Waals surface area contributed by atoms with Crippen molar-refractivity contribution in [2.75, 3.05) is 42.9 Å². The molecule has 2 aliphatic rings. The van der Waals surface area contributed by atoms with Crippen LogP contribution in [0.1, 0.15) is 6.92 Å². The zero-order valence-corrected chi connectivity index (χ0v) is 12.1. The second kappa shape index (κ2) is 5.83. The Balaban J connectivity index is 1.82. The summed E-state index contributed by atoms with van der Waals surface area (Å²) in [6, 6.07) is 7.21. The van der Waals surface area contributed by atoms with Crippen LogP contribution in [0, 0.1) is 0 Å². The third-order valence-electron chi connectivity index (χ3n) is 4.09. The van der Waals surface area contributed by atoms with Gasteiger partial charge in [0.25, 0.3) is 0 Å². The van der Waals surface area contributed by atoms with Crippen LogP contribution < -0.4 is 15.5 Å². The van der Waals surface area contributed by atoms with Crippen molar-refractivity contribution in [1.29, 1.82) is 0 Å². The molecule has 3 rings (SSSR count). The third-order valence-corrected chi connectivity index (χ3v) is 4.09. The van der Waals surface area contributed by atoms with Crippen molar-refractivity contribution < 1.29 is 9.59 Å². The molecule has 1 unspecified atom stereocenters. The van der Waals surface area contributed by atoms with Gasteiger partial charge in [-0.25, -0.2) is 0 Å². The molecule has 1 aromatic carbocycles. The number of carbonyl (C=O) groups is 2. The predicted molar refractivity (Wildman–Crippen MR) is 81.3 cm³/mol. The molecule has 1 atom stereocenters. The van der Waals surface area contributed by atoms with Gasteiger partial charge in [0, 0.05) is 26.2 Å². The lowest BCUT2D eigenvalue weighted by Gasteiger charge is -2.36. The van der Waals surface area contributed by atoms with E-state index in [2.05, 4.69) is 15.5 Å². The monoisotopic (exact) mass is 288 g/mol. The molecule has 0 spiro atoms. The Bertz CT molecular complexity index is 554. The molecule has 1 fully saturated rings. The second-order valence-corrected chi connectivity index (χ2v) is 5.45. The number of piperazine rings is 1. The van der Waals surface area contributed by atoms with Gasteiger partial charge < -0.3 is 10.6 Å². The SMILES string of the molecule is CC(C(=O)N1CC(=O)Nc2ccccc21)N1CCNCC1. The van der Waals surface area contributed by atoms with E-state index in [4.69, 9.17) is 0 Å². The van der Waals surface area contributed by atoms with Gasteiger partial charge in [-0.1, -0.05) is 12.1 Å². The standard InChI is InChI=1S/C15H20N4O2/c1-11(18-8-6-16-7-9-18)15(21)19-10-14(20)17-12-4-2-3-5-13(12)19/h2-5,11,16H,6-10H2,1H3,(H,17,20). The fourth-order valence-corrected chi connectivity index (χ4v) is 2.88. The number of hydrogen-bond acceptors (Lipinski definition) is 4. The number of amides is 2. The molecule has 0 saturated carbocycles. The van der Waals surface area contributed by atoms with Crippen LogP contribution in [0.5, 0.6) is 0 Å². The van der Waals surface area contributed by atoms with Gasteiger partial charge in [0.05, 0.1) is 17.4 Å². The highest BCUT2D eigenvalue weighted by molar-refractivity contribution is 6.11. The maximum Gasteiger partial charge on any atom is 0.244 e. The van der Waals surface area contributed by atoms with E-state index in [9.17, 15) is 9.59 Å². The van der Waals surface area contributed by atoms with Gasteiger partial charge in [0.15, 0.2) is 0 Å². The Hall–Kier alpha value is -1.92. The van der Waals surface area contributed by atoms with E-state index in [0.29, 0.717) is 5.69 Å². The molecule has 2 N–H and O–H groups in total. The van der Waals surface area contributed by atoms with Crippen LogP contribution in [0.2, 0.25) is 0 Å². The normalized spacial score (nSPS) is 20.6. The van der Waals surface area contributed by atoms with Crippen molar-refractivity contribution in [3.63, 3.8) is 0 Å². The van der Waals surface area contributed by atoms with Crippen molar-refractivity contribution in [2.24, 2.45) is 0 Å². The molecule has 0 bridgehead atoms. The fourth-order valence-electron chi connectivity index (χ4n) is 2.88. The number of rotatable bonds is 2. The first-order valence-corrected chi connectivity index (χ1v) is 7.32. The van der Waals surface area contributed by atoms with Gasteiger partial charge in [-0.15, -0.1) is 0 Å². The van der Waals surface area contributed by atoms with Crippen molar-refractivity contribution in [3.05, 3.63) is 24.3 Å². The van der Waals surface area contributed by atoms with Gasteiger partial charge in [-0.2, -0.15) is 0 Å². The average molecular weight is 288 g/mol. The minimum Gasteiger partial charge on any atom is -0.323 e. The molecule has 2 amide bonds. The number of benzene rings is 1. The van der Waals surface area contributed by atoms with Gasteiger partial charge >= 0.3 is 0 Å². The number of hydrogen-bond donors (Lipinski definition) is 2. The molecule has 0 aliphatic carbocycles. The quantitative estimate of drug-likeness (QED) is 0.820. The Kier molecular flexibility index (Phi) is 3.90. The van der Waals surface area contributed by atoms with E-state index in [0.717, 1.165) is 31.9 Å². The van der Waals surface area contributed by atoms with Crippen LogP contribution in [-0.2, 0) is 9.59 Å². The lowest BCUT2D eigenvalue weighted by Crippen LogP contribution is -2.55. The van der Waals surface area contributed by atoms with Crippen LogP contribution in [0.25, 0.3) is 0 Å². The Morgan fingerprint density at radius 3 is 2.71 bits per heavy atom. The molecular weight excluding hydrogens is 268 g/mol. The first kappa shape index (κ1) is 14.0. The largest absolute Gasteiger partial charge is 0.323 e. The number of nitrogens with zero attached hydrogens (tertiary/aromatic N) is 2. The highest BCUT2D eigenvalue weighted by Gasteiger charge is 2.32. The smallest absolute Gasteiger partial charge is 0.244 e. The molecule has 0 aromatic heterocycles. The summed E-state index contributed by atoms with van der Waals surface area (Å²) in [6.45, 7) is 5.52. The molecule has 0 radical (unpaired) electrons. The maximum absolute atomic E-state index is 12.8. The van der Waals surface area contributed by atoms with Crippen molar-refractivity contribution >= 4 is 23.2 Å². The fraction of sp³-hybridized carbons (Fsp3) is 0.467. The highest BCUT2D eigenvalue weighted by atomic mass is 16.2. The second-order valence-electron chi connectivity index (χ2n) is 5.45. The molecule has 6 heteroatoms. The van der Waals surface area contributed by atoms with Crippen LogP contribution in [0.15, 0.2) is 24.3 Å². The van der Waals surface area contributed by atoms with Gasteiger partial charge in [-0.05, 0) is 19.1 Å². The summed E-state index contributed by atoms with van der Waals surface area (Å²) in [7, 11) is 0. The summed E-state index contributed by atoms with van der Waals surface area (Å²) in [5, 5.41) is 6.09. The molecule has 112 valence electrons. The predicted octanol–water partition coefficient (Wildman–Crippen LogP) is 0.265. The van der Waals surface area contributed by atoms with E-state index < -0.39 is 0 Å². The van der Waals surface area contributed by atoms with E-state index in [1.54, 1.807) is 4.90 Å². The van der Waals surface area contributed by atoms with Crippen LogP contribution in [0.3, 0.4) is 0 Å². The van der Waals surface area contributed by atoms with E-state index in [-0.39, 0.29) is 24.4 Å². The summed E-state index contributed by atoms with van der Waals surface area (Å²) in [4.78, 5) is 28.4. The maximum atomic E-state index is 12.8. The summed E-state index contributed by atoms with van der Waals surface area (Å²) in [5.41, 5.74) is 1.48. The number of fused-ring (bicyclic) bond motifs is 1. The van der Waals surface area contributed by atoms with Gasteiger partial charge in [-0.3, -0.25) is 19.4 Å². The van der Waals surface area contributed by atoms with Gasteiger partial charge in [0.2, 0.25) is 11.8 Å². The summed E-state index contributed by atoms with van der Waals surface area (Å²) < 4.78 is 0. The summed E-state index contributed by atoms with van der Waals surface area (Å²) in [6.07, 6.45) is 0. The summed E-state index contributed by atoms with van der Waals surface area (Å²) in [5.74, 6) is -0.159. The number of anilines is 2. The van der Waals surface area contributed by atoms with Crippen LogP contribution in [-0.4, -0.2) is 55.5 Å². The number of nitrogens with one attached hydrogen (secondary N) is 2. The average Bonchev–Trinajstić information content (AvgIpc) is 2.53. The molecule has 21 heavy (non-hydrogen) atoms. The summed E-state index contributed by atoms with van der Waals surface area (Å²) >= 11 is 0. The van der Waals surface area contributed by atoms with Gasteiger partial charge in [0.1, 0.15) is 6.54 Å². The van der Waals surface area contributed by atoms with Crippen LogP contribution in [0.4, 0.5) is 11.4 Å². The highest BCUT2D eigenvalue weighted by Crippen LogP contribution is 2.29. The molecule has 6 nitrogen and oxygen atoms in total. The first-order valence-electron chi connectivity index (χ1n) is 7.32. The zero-order valence-electron chi connectivity index (χ0n) is 12.1. The zero-order chi connectivity index (χ0) is 14.8. The minimum absolute atomic E-state index is 0.0146. The number of para-hydroxylation sites is 2. The lowest BCUT2D eigenvalue weighted by atomic mass is 10.1. The Morgan fingerprint density at radius 1 is 1.24 bits per heavy atom. The van der Waals surface area contributed by atoms with Crippen molar-refractivity contribution in [2.45, 2.75) is 13.0 Å². The van der Waals surface area contributed by atoms with Crippen molar-refractivity contribution in [1.82, 2.24) is 10.2 Å². The molecule has 2 heterocycles. The molecule has 2 aliphatic heterocycles. The molecular formula is C15H20N4O2. The van der Waals surface area contributed by atoms with Crippen LogP contribution >= 0.6 is 0 Å². The number of carbonyl (C=O) groups excluding carboxylic acids is 2. The third kappa shape index (κ3) is 2.77. The topological polar surface area (TPSA) is 64.7 Å². The Labute approximate surface area is 124 Å². The van der Waals surface area contributed by atoms with E-state index in [1.165, 1.54) is 0 Å². The van der Waals surface area contributed by atoms with E-state index >= 15 is 0 Å². The Morgan fingerprint density at radius 2 is 1.95 bits per heavy atom. The molecule has 1 saturated heterocycles. The first-order chi connectivity index (χ1) is 10.2.